The van der Waals surface area contributed by atoms with Gasteiger partial charge in [0.05, 0.1) is 23.9 Å². The third-order valence-corrected chi connectivity index (χ3v) is 4.97. The van der Waals surface area contributed by atoms with Gasteiger partial charge in [-0.25, -0.2) is 4.79 Å². The van der Waals surface area contributed by atoms with Crippen molar-refractivity contribution >= 4 is 11.8 Å². The molecule has 0 saturated carbocycles. The molecule has 0 atom stereocenters. The monoisotopic (exact) mass is 423 g/mol. The average molecular weight is 423 g/mol. The van der Waals surface area contributed by atoms with Gasteiger partial charge in [-0.15, -0.1) is 0 Å². The van der Waals surface area contributed by atoms with Crippen LogP contribution in [0.15, 0.2) is 47.0 Å². The molecule has 7 heteroatoms. The number of rotatable bonds is 9. The minimum atomic E-state index is -0.617. The number of aryl methyl sites for hydroxylation is 3. The van der Waals surface area contributed by atoms with E-state index in [1.165, 1.54) is 13.2 Å². The lowest BCUT2D eigenvalue weighted by Gasteiger charge is -2.12. The van der Waals surface area contributed by atoms with Crippen molar-refractivity contribution in [2.45, 2.75) is 33.8 Å². The molecule has 0 radical (unpaired) electrons. The summed E-state index contributed by atoms with van der Waals surface area (Å²) in [6.07, 6.45) is 0.892. The number of methoxy groups -OCH3 is 1. The molecule has 0 bridgehead atoms. The van der Waals surface area contributed by atoms with Crippen molar-refractivity contribution in [2.24, 2.45) is 0 Å². The van der Waals surface area contributed by atoms with Gasteiger partial charge in [-0.3, -0.25) is 4.79 Å². The minimum Gasteiger partial charge on any atom is -0.493 e. The van der Waals surface area contributed by atoms with Gasteiger partial charge in [0.15, 0.2) is 23.9 Å². The summed E-state index contributed by atoms with van der Waals surface area (Å²) < 4.78 is 21.5. The fraction of sp³-hybridized carbons (Fsp3) is 0.292. The summed E-state index contributed by atoms with van der Waals surface area (Å²) in [5.74, 6) is 0.649. The van der Waals surface area contributed by atoms with Crippen LogP contribution in [0.2, 0.25) is 0 Å². The van der Waals surface area contributed by atoms with Gasteiger partial charge >= 0.3 is 5.97 Å². The van der Waals surface area contributed by atoms with Gasteiger partial charge in [-0.05, 0) is 44.0 Å². The molecular weight excluding hydrogens is 398 g/mol. The van der Waals surface area contributed by atoms with E-state index >= 15 is 0 Å². The molecule has 31 heavy (non-hydrogen) atoms. The van der Waals surface area contributed by atoms with Crippen molar-refractivity contribution in [2.75, 3.05) is 13.7 Å². The fourth-order valence-electron chi connectivity index (χ4n) is 3.00. The maximum absolute atomic E-state index is 12.4. The molecule has 0 fully saturated rings. The van der Waals surface area contributed by atoms with Crippen molar-refractivity contribution in [1.82, 2.24) is 5.16 Å². The minimum absolute atomic E-state index is 0.257. The Morgan fingerprint density at radius 2 is 1.71 bits per heavy atom. The molecule has 0 aliphatic carbocycles. The number of esters is 1. The first kappa shape index (κ1) is 22.1. The Morgan fingerprint density at radius 3 is 2.32 bits per heavy atom. The zero-order chi connectivity index (χ0) is 22.4. The number of ether oxygens (including phenoxy) is 3. The summed E-state index contributed by atoms with van der Waals surface area (Å²) >= 11 is 0. The highest BCUT2D eigenvalue weighted by molar-refractivity contribution is 5.99. The Hall–Kier alpha value is -3.61. The van der Waals surface area contributed by atoms with Crippen molar-refractivity contribution in [3.63, 3.8) is 0 Å². The van der Waals surface area contributed by atoms with E-state index in [4.69, 9.17) is 18.7 Å². The molecule has 0 amide bonds. The second-order valence-electron chi connectivity index (χ2n) is 7.01. The lowest BCUT2D eigenvalue weighted by Crippen LogP contribution is -2.14. The molecule has 1 aromatic heterocycles. The van der Waals surface area contributed by atoms with Crippen molar-refractivity contribution in [1.29, 1.82) is 0 Å². The highest BCUT2D eigenvalue weighted by Gasteiger charge is 2.16. The number of benzene rings is 2. The predicted octanol–water partition coefficient (Wildman–Crippen LogP) is 4.48. The summed E-state index contributed by atoms with van der Waals surface area (Å²) in [4.78, 5) is 24.7. The topological polar surface area (TPSA) is 87.9 Å². The van der Waals surface area contributed by atoms with Crippen LogP contribution < -0.4 is 9.47 Å². The summed E-state index contributed by atoms with van der Waals surface area (Å²) in [7, 11) is 1.48. The van der Waals surface area contributed by atoms with Crippen LogP contribution in [-0.4, -0.2) is 30.6 Å². The number of nitrogens with zero attached hydrogens (tertiary/aromatic N) is 1. The number of carbonyl (C=O) groups excluding carboxylic acids is 2. The van der Waals surface area contributed by atoms with Crippen LogP contribution in [-0.2, 0) is 17.8 Å². The maximum Gasteiger partial charge on any atom is 0.338 e. The molecule has 0 N–H and O–H groups in total. The highest BCUT2D eigenvalue weighted by Crippen LogP contribution is 2.29. The summed E-state index contributed by atoms with van der Waals surface area (Å²) in [6, 6.07) is 12.0. The molecule has 7 nitrogen and oxygen atoms in total. The Labute approximate surface area is 180 Å². The van der Waals surface area contributed by atoms with E-state index in [0.717, 1.165) is 23.2 Å². The molecule has 2 aromatic carbocycles. The second-order valence-corrected chi connectivity index (χ2v) is 7.01. The number of Topliss-reactive ketones (excluding diaryl/α,β-unsaturated/α-hetero) is 1. The van der Waals surface area contributed by atoms with E-state index < -0.39 is 5.97 Å². The van der Waals surface area contributed by atoms with Crippen LogP contribution in [0.25, 0.3) is 0 Å². The first-order chi connectivity index (χ1) is 14.9. The summed E-state index contributed by atoms with van der Waals surface area (Å²) in [6.45, 7) is 5.61. The van der Waals surface area contributed by atoms with Gasteiger partial charge in [0.1, 0.15) is 12.4 Å². The number of ketones is 1. The van der Waals surface area contributed by atoms with Gasteiger partial charge in [0.25, 0.3) is 0 Å². The fourth-order valence-corrected chi connectivity index (χ4v) is 3.00. The van der Waals surface area contributed by atoms with Gasteiger partial charge in [0.2, 0.25) is 0 Å². The normalized spacial score (nSPS) is 10.6. The molecule has 162 valence electrons. The maximum atomic E-state index is 12.4. The molecule has 0 unspecified atom stereocenters. The molecule has 0 aliphatic heterocycles. The number of carbonyl (C=O) groups is 2. The van der Waals surface area contributed by atoms with E-state index in [-0.39, 0.29) is 24.6 Å². The van der Waals surface area contributed by atoms with E-state index in [1.54, 1.807) is 24.3 Å². The highest BCUT2D eigenvalue weighted by atomic mass is 16.5. The van der Waals surface area contributed by atoms with Crippen LogP contribution in [0, 0.1) is 13.8 Å². The first-order valence-electron chi connectivity index (χ1n) is 9.94. The van der Waals surface area contributed by atoms with Crippen LogP contribution >= 0.6 is 0 Å². The average Bonchev–Trinajstić information content (AvgIpc) is 3.12. The Balaban J connectivity index is 1.62. The van der Waals surface area contributed by atoms with E-state index in [1.807, 2.05) is 32.9 Å². The first-order valence-corrected chi connectivity index (χ1v) is 9.94. The van der Waals surface area contributed by atoms with E-state index in [9.17, 15) is 9.59 Å². The molecule has 1 heterocycles. The second kappa shape index (κ2) is 9.93. The number of hydrogen-bond donors (Lipinski definition) is 0. The van der Waals surface area contributed by atoms with Crippen molar-refractivity contribution in [3.8, 4) is 11.5 Å². The van der Waals surface area contributed by atoms with Crippen LogP contribution in [0.5, 0.6) is 11.5 Å². The molecular formula is C24H25NO6. The SMILES string of the molecule is CCc1ccc(C(=O)COC(=O)c2ccc(OCc3c(C)noc3C)c(OC)c2)cc1. The zero-order valence-corrected chi connectivity index (χ0v) is 18.1. The zero-order valence-electron chi connectivity index (χ0n) is 18.1. The molecule has 0 aliphatic rings. The van der Waals surface area contributed by atoms with Crippen LogP contribution in [0.3, 0.4) is 0 Å². The third-order valence-electron chi connectivity index (χ3n) is 4.97. The van der Waals surface area contributed by atoms with Gasteiger partial charge in [0, 0.05) is 5.56 Å². The Morgan fingerprint density at radius 1 is 1.00 bits per heavy atom. The molecule has 3 aromatic rings. The number of hydrogen-bond acceptors (Lipinski definition) is 7. The smallest absolute Gasteiger partial charge is 0.338 e. The number of aromatic nitrogens is 1. The summed E-state index contributed by atoms with van der Waals surface area (Å²) in [5.41, 5.74) is 3.51. The van der Waals surface area contributed by atoms with Gasteiger partial charge in [-0.1, -0.05) is 36.3 Å². The Kier molecular flexibility index (Phi) is 7.07. The standard InChI is InChI=1S/C24H25NO6/c1-5-17-6-8-18(9-7-17)21(26)14-30-24(27)19-10-11-22(23(12-19)28-4)29-13-20-15(2)25-31-16(20)3/h6-12H,5,13-14H2,1-4H3. The Bertz CT molecular complexity index is 1050. The van der Waals surface area contributed by atoms with E-state index in [0.29, 0.717) is 22.8 Å². The van der Waals surface area contributed by atoms with Crippen LogP contribution in [0.4, 0.5) is 0 Å². The van der Waals surface area contributed by atoms with E-state index in [2.05, 4.69) is 5.16 Å². The predicted molar refractivity (Wildman–Crippen MR) is 114 cm³/mol. The van der Waals surface area contributed by atoms with Crippen molar-refractivity contribution < 1.29 is 28.3 Å². The lowest BCUT2D eigenvalue weighted by molar-refractivity contribution is 0.0474. The third kappa shape index (κ3) is 5.31. The van der Waals surface area contributed by atoms with Gasteiger partial charge in [-0.2, -0.15) is 0 Å². The lowest BCUT2D eigenvalue weighted by atomic mass is 10.1. The summed E-state index contributed by atoms with van der Waals surface area (Å²) in [5, 5.41) is 3.90. The van der Waals surface area contributed by atoms with Gasteiger partial charge < -0.3 is 18.7 Å². The van der Waals surface area contributed by atoms with Crippen LogP contribution in [0.1, 0.15) is 50.2 Å². The molecule has 0 saturated heterocycles. The molecule has 3 rings (SSSR count). The molecule has 0 spiro atoms. The van der Waals surface area contributed by atoms with Crippen molar-refractivity contribution in [3.05, 3.63) is 76.2 Å². The quantitative estimate of drug-likeness (QED) is 0.370. The largest absolute Gasteiger partial charge is 0.493 e.